The first-order chi connectivity index (χ1) is 8.81. The van der Waals surface area contributed by atoms with Crippen molar-refractivity contribution >= 4 is 11.3 Å². The molecule has 0 bridgehead atoms. The number of nitrogens with zero attached hydrogens (tertiary/aromatic N) is 1. The molecule has 0 aliphatic heterocycles. The van der Waals surface area contributed by atoms with Gasteiger partial charge in [-0.25, -0.2) is 0 Å². The van der Waals surface area contributed by atoms with Gasteiger partial charge in [-0.1, -0.05) is 6.07 Å². The number of aryl methyl sites for hydroxylation is 2. The Labute approximate surface area is 111 Å². The summed E-state index contributed by atoms with van der Waals surface area (Å²) in [5.74, 6) is 6.19. The molecule has 0 aromatic carbocycles. The molecule has 1 aliphatic rings. The lowest BCUT2D eigenvalue weighted by Gasteiger charge is -2.23. The van der Waals surface area contributed by atoms with E-state index in [2.05, 4.69) is 34.2 Å². The quantitative estimate of drug-likeness (QED) is 0.658. The van der Waals surface area contributed by atoms with Crippen LogP contribution in [0.2, 0.25) is 0 Å². The maximum Gasteiger partial charge on any atom is 0.0554 e. The van der Waals surface area contributed by atoms with Crippen molar-refractivity contribution < 1.29 is 0 Å². The third kappa shape index (κ3) is 1.86. The van der Waals surface area contributed by atoms with Crippen molar-refractivity contribution in [2.24, 2.45) is 5.84 Å². The van der Waals surface area contributed by atoms with Crippen LogP contribution in [0.1, 0.15) is 40.8 Å². The van der Waals surface area contributed by atoms with Crippen LogP contribution >= 0.6 is 11.3 Å². The van der Waals surface area contributed by atoms with Gasteiger partial charge in [0.25, 0.3) is 0 Å². The highest BCUT2D eigenvalue weighted by Gasteiger charge is 2.32. The van der Waals surface area contributed by atoms with E-state index in [1.54, 1.807) is 11.3 Å². The first kappa shape index (κ1) is 11.8. The molecule has 4 heteroatoms. The van der Waals surface area contributed by atoms with E-state index in [4.69, 9.17) is 5.84 Å². The van der Waals surface area contributed by atoms with Crippen LogP contribution in [0.5, 0.6) is 0 Å². The van der Waals surface area contributed by atoms with Crippen molar-refractivity contribution in [3.05, 3.63) is 51.5 Å². The summed E-state index contributed by atoms with van der Waals surface area (Å²) in [6.45, 7) is 2.14. The first-order valence-corrected chi connectivity index (χ1v) is 7.18. The number of hydrogen-bond donors (Lipinski definition) is 2. The maximum atomic E-state index is 5.80. The van der Waals surface area contributed by atoms with Crippen LogP contribution < -0.4 is 11.3 Å². The monoisotopic (exact) mass is 259 g/mol. The molecule has 1 aliphatic carbocycles. The van der Waals surface area contributed by atoms with Crippen molar-refractivity contribution in [1.82, 2.24) is 10.4 Å². The molecule has 18 heavy (non-hydrogen) atoms. The van der Waals surface area contributed by atoms with Gasteiger partial charge in [0.2, 0.25) is 0 Å². The minimum absolute atomic E-state index is 0.174. The molecule has 2 aromatic rings. The molecule has 2 atom stereocenters. The summed E-state index contributed by atoms with van der Waals surface area (Å²) in [5, 5.41) is 4.37. The Morgan fingerprint density at radius 2 is 2.39 bits per heavy atom. The Balaban J connectivity index is 1.98. The molecular formula is C14H17N3S. The molecule has 0 saturated carbocycles. The Hall–Kier alpha value is -1.23. The van der Waals surface area contributed by atoms with Gasteiger partial charge in [-0.05, 0) is 53.3 Å². The zero-order valence-corrected chi connectivity index (χ0v) is 11.2. The molecule has 2 heterocycles. The highest BCUT2D eigenvalue weighted by molar-refractivity contribution is 7.08. The Bertz CT molecular complexity index is 549. The van der Waals surface area contributed by atoms with Crippen molar-refractivity contribution in [3.63, 3.8) is 0 Å². The minimum atomic E-state index is 0.174. The average molecular weight is 259 g/mol. The topological polar surface area (TPSA) is 50.9 Å². The number of hydrazine groups is 1. The second-order valence-corrected chi connectivity index (χ2v) is 5.59. The molecule has 3 rings (SSSR count). The summed E-state index contributed by atoms with van der Waals surface area (Å²) in [6, 6.07) is 4.37. The van der Waals surface area contributed by atoms with E-state index < -0.39 is 0 Å². The second kappa shape index (κ2) is 4.80. The fourth-order valence-corrected chi connectivity index (χ4v) is 3.77. The molecule has 2 aromatic heterocycles. The Morgan fingerprint density at radius 3 is 3.11 bits per heavy atom. The zero-order valence-electron chi connectivity index (χ0n) is 10.4. The minimum Gasteiger partial charge on any atom is -0.271 e. The van der Waals surface area contributed by atoms with Crippen LogP contribution in [0.25, 0.3) is 0 Å². The van der Waals surface area contributed by atoms with Crippen LogP contribution in [0.3, 0.4) is 0 Å². The van der Waals surface area contributed by atoms with Gasteiger partial charge in [0.05, 0.1) is 6.04 Å². The molecule has 0 radical (unpaired) electrons. The molecule has 3 nitrogen and oxygen atoms in total. The molecule has 0 spiro atoms. The smallest absolute Gasteiger partial charge is 0.0554 e. The predicted octanol–water partition coefficient (Wildman–Crippen LogP) is 2.69. The number of fused-ring (bicyclic) bond motifs is 1. The van der Waals surface area contributed by atoms with E-state index in [-0.39, 0.29) is 6.04 Å². The molecule has 3 N–H and O–H groups in total. The maximum absolute atomic E-state index is 5.80. The molecular weight excluding hydrogens is 242 g/mol. The van der Waals surface area contributed by atoms with Crippen LogP contribution in [0.15, 0.2) is 29.1 Å². The molecule has 94 valence electrons. The first-order valence-electron chi connectivity index (χ1n) is 6.24. The Morgan fingerprint density at radius 1 is 1.50 bits per heavy atom. The Kier molecular flexibility index (Phi) is 3.16. The lowest BCUT2D eigenvalue weighted by molar-refractivity contribution is 0.446. The van der Waals surface area contributed by atoms with Gasteiger partial charge < -0.3 is 0 Å². The SMILES string of the molecule is Cc1cscc1C(NN)C1CCc2cccnc21. The summed E-state index contributed by atoms with van der Waals surface area (Å²) in [5.41, 5.74) is 8.20. The number of aromatic nitrogens is 1. The largest absolute Gasteiger partial charge is 0.271 e. The molecule has 0 fully saturated rings. The van der Waals surface area contributed by atoms with Gasteiger partial charge in [-0.15, -0.1) is 0 Å². The third-order valence-electron chi connectivity index (χ3n) is 3.81. The third-order valence-corrected chi connectivity index (χ3v) is 4.69. The van der Waals surface area contributed by atoms with Gasteiger partial charge in [0.15, 0.2) is 0 Å². The number of thiophene rings is 1. The van der Waals surface area contributed by atoms with Gasteiger partial charge in [-0.3, -0.25) is 16.3 Å². The van der Waals surface area contributed by atoms with Crippen LogP contribution in [-0.4, -0.2) is 4.98 Å². The van der Waals surface area contributed by atoms with Crippen molar-refractivity contribution in [2.75, 3.05) is 0 Å². The van der Waals surface area contributed by atoms with Gasteiger partial charge in [0.1, 0.15) is 0 Å². The van der Waals surface area contributed by atoms with Gasteiger partial charge in [-0.2, -0.15) is 11.3 Å². The fourth-order valence-electron chi connectivity index (χ4n) is 2.88. The standard InChI is InChI=1S/C14H17N3S/c1-9-7-18-8-12(9)14(17-15)11-5-4-10-3-2-6-16-13(10)11/h2-3,6-8,11,14,17H,4-5,15H2,1H3. The van der Waals surface area contributed by atoms with Crippen molar-refractivity contribution in [1.29, 1.82) is 0 Å². The second-order valence-electron chi connectivity index (χ2n) is 4.85. The highest BCUT2D eigenvalue weighted by atomic mass is 32.1. The summed E-state index contributed by atoms with van der Waals surface area (Å²) in [6.07, 6.45) is 4.11. The van der Waals surface area contributed by atoms with Gasteiger partial charge in [0, 0.05) is 17.8 Å². The fraction of sp³-hybridized carbons (Fsp3) is 0.357. The van der Waals surface area contributed by atoms with Crippen LogP contribution in [0.4, 0.5) is 0 Å². The number of rotatable bonds is 3. The molecule has 0 amide bonds. The summed E-state index contributed by atoms with van der Waals surface area (Å²) < 4.78 is 0. The number of pyridine rings is 1. The summed E-state index contributed by atoms with van der Waals surface area (Å²) >= 11 is 1.73. The van der Waals surface area contributed by atoms with Crippen molar-refractivity contribution in [3.8, 4) is 0 Å². The predicted molar refractivity (Wildman–Crippen MR) is 74.4 cm³/mol. The molecule has 0 saturated heterocycles. The summed E-state index contributed by atoms with van der Waals surface area (Å²) in [4.78, 5) is 4.56. The number of hydrogen-bond acceptors (Lipinski definition) is 4. The average Bonchev–Trinajstić information content (AvgIpc) is 2.99. The van der Waals surface area contributed by atoms with Gasteiger partial charge >= 0.3 is 0 Å². The van der Waals surface area contributed by atoms with E-state index in [1.165, 1.54) is 22.4 Å². The van der Waals surface area contributed by atoms with Crippen molar-refractivity contribution in [2.45, 2.75) is 31.7 Å². The highest BCUT2D eigenvalue weighted by Crippen LogP contribution is 2.41. The van der Waals surface area contributed by atoms with E-state index in [0.29, 0.717) is 5.92 Å². The number of nitrogens with two attached hydrogens (primary N) is 1. The zero-order chi connectivity index (χ0) is 12.5. The lowest BCUT2D eigenvalue weighted by atomic mass is 9.91. The summed E-state index contributed by atoms with van der Waals surface area (Å²) in [7, 11) is 0. The molecule has 2 unspecified atom stereocenters. The number of nitrogens with one attached hydrogen (secondary N) is 1. The lowest BCUT2D eigenvalue weighted by Crippen LogP contribution is -2.32. The van der Waals surface area contributed by atoms with E-state index >= 15 is 0 Å². The van der Waals surface area contributed by atoms with E-state index in [1.807, 2.05) is 12.3 Å². The van der Waals surface area contributed by atoms with E-state index in [9.17, 15) is 0 Å². The normalized spacial score (nSPS) is 19.8. The van der Waals surface area contributed by atoms with Crippen LogP contribution in [0, 0.1) is 6.92 Å². The van der Waals surface area contributed by atoms with Crippen LogP contribution in [-0.2, 0) is 6.42 Å². The van der Waals surface area contributed by atoms with E-state index in [0.717, 1.165) is 12.8 Å².